The summed E-state index contributed by atoms with van der Waals surface area (Å²) >= 11 is 6.37. The minimum atomic E-state index is -0.282. The summed E-state index contributed by atoms with van der Waals surface area (Å²) in [6.45, 7) is 10.9. The summed E-state index contributed by atoms with van der Waals surface area (Å²) in [4.78, 5) is 21.3. The van der Waals surface area contributed by atoms with E-state index >= 15 is 0 Å². The van der Waals surface area contributed by atoms with Gasteiger partial charge in [-0.25, -0.2) is 19.4 Å². The summed E-state index contributed by atoms with van der Waals surface area (Å²) in [6.07, 6.45) is 1.73. The molecule has 0 radical (unpaired) electrons. The molecule has 3 aromatic rings. The Morgan fingerprint density at radius 2 is 1.90 bits per heavy atom. The Bertz CT molecular complexity index is 1040. The molecule has 0 spiro atoms. The number of fused-ring (bicyclic) bond motifs is 1. The van der Waals surface area contributed by atoms with Gasteiger partial charge in [-0.1, -0.05) is 37.6 Å². The van der Waals surface area contributed by atoms with Crippen molar-refractivity contribution in [2.24, 2.45) is 0 Å². The molecule has 2 aromatic heterocycles. The highest BCUT2D eigenvalue weighted by atomic mass is 35.5. The number of urea groups is 1. The van der Waals surface area contributed by atoms with E-state index < -0.39 is 0 Å². The Balaban J connectivity index is 1.83. The molecule has 0 saturated carbocycles. The molecule has 2 amide bonds. The Morgan fingerprint density at radius 1 is 1.17 bits per heavy atom. The summed E-state index contributed by atoms with van der Waals surface area (Å²) in [5.41, 5.74) is 1.16. The number of carbonyl (C=O) groups excluding carboxylic acids is 1. The normalized spacial score (nSPS) is 11.7. The second-order valence-electron chi connectivity index (χ2n) is 8.39. The Hall–Kier alpha value is -2.87. The molecule has 1 aromatic carbocycles. The van der Waals surface area contributed by atoms with Crippen LogP contribution in [0.5, 0.6) is 0 Å². The summed E-state index contributed by atoms with van der Waals surface area (Å²) in [6, 6.07) is 7.31. The van der Waals surface area contributed by atoms with Crippen LogP contribution in [0.4, 0.5) is 10.6 Å². The first-order chi connectivity index (χ1) is 14.2. The average Bonchev–Trinajstić information content (AvgIpc) is 3.08. The third kappa shape index (κ3) is 5.18. The lowest BCUT2D eigenvalue weighted by molar-refractivity contribution is 0.232. The van der Waals surface area contributed by atoms with E-state index in [4.69, 9.17) is 16.6 Å². The molecule has 160 valence electrons. The van der Waals surface area contributed by atoms with Crippen molar-refractivity contribution in [2.45, 2.75) is 46.1 Å². The number of benzene rings is 1. The number of carbonyl (C=O) groups is 1. The number of hydrogen-bond acceptors (Lipinski definition) is 5. The zero-order valence-electron chi connectivity index (χ0n) is 18.0. The molecule has 0 aliphatic rings. The highest BCUT2D eigenvalue weighted by Crippen LogP contribution is 2.27. The Kier molecular flexibility index (Phi) is 6.45. The third-order valence-corrected chi connectivity index (χ3v) is 4.55. The van der Waals surface area contributed by atoms with Crippen molar-refractivity contribution in [1.82, 2.24) is 30.4 Å². The van der Waals surface area contributed by atoms with Gasteiger partial charge in [0.2, 0.25) is 0 Å². The molecule has 2 heterocycles. The first-order valence-electron chi connectivity index (χ1n) is 9.96. The number of amides is 2. The molecule has 3 N–H and O–H groups in total. The summed E-state index contributed by atoms with van der Waals surface area (Å²) in [7, 11) is 0. The molecule has 0 fully saturated rings. The number of aromatic nitrogens is 4. The van der Waals surface area contributed by atoms with Gasteiger partial charge in [0.1, 0.15) is 11.6 Å². The van der Waals surface area contributed by atoms with E-state index in [0.29, 0.717) is 35.4 Å². The first kappa shape index (κ1) is 21.8. The highest BCUT2D eigenvalue weighted by molar-refractivity contribution is 6.32. The summed E-state index contributed by atoms with van der Waals surface area (Å²) in [5, 5.41) is 14.9. The van der Waals surface area contributed by atoms with Gasteiger partial charge < -0.3 is 16.0 Å². The number of anilines is 1. The fourth-order valence-corrected chi connectivity index (χ4v) is 3.08. The van der Waals surface area contributed by atoms with Crippen LogP contribution in [0.1, 0.15) is 46.4 Å². The SMILES string of the molecule is CC(C)c1nc(NCCNC(=O)NC(C)(C)C)c2cnn(-c3ccccc3Cl)c2n1. The average molecular weight is 430 g/mol. The molecule has 30 heavy (non-hydrogen) atoms. The molecule has 0 saturated heterocycles. The molecule has 9 heteroatoms. The van der Waals surface area contributed by atoms with Gasteiger partial charge in [-0.15, -0.1) is 0 Å². The zero-order valence-corrected chi connectivity index (χ0v) is 18.7. The van der Waals surface area contributed by atoms with E-state index in [9.17, 15) is 4.79 Å². The van der Waals surface area contributed by atoms with Crippen LogP contribution >= 0.6 is 11.6 Å². The molecular formula is C21H28ClN7O. The molecule has 3 rings (SSSR count). The predicted octanol–water partition coefficient (Wildman–Crippen LogP) is 4.10. The number of para-hydroxylation sites is 1. The van der Waals surface area contributed by atoms with Crippen molar-refractivity contribution in [1.29, 1.82) is 0 Å². The topological polar surface area (TPSA) is 96.8 Å². The van der Waals surface area contributed by atoms with Gasteiger partial charge in [-0.2, -0.15) is 5.10 Å². The molecule has 0 aliphatic heterocycles. The van der Waals surface area contributed by atoms with Crippen LogP contribution in [-0.2, 0) is 0 Å². The van der Waals surface area contributed by atoms with Crippen LogP contribution in [0.3, 0.4) is 0 Å². The molecular weight excluding hydrogens is 402 g/mol. The van der Waals surface area contributed by atoms with E-state index in [1.807, 2.05) is 58.9 Å². The Labute approximate surface area is 181 Å². The fourth-order valence-electron chi connectivity index (χ4n) is 2.86. The van der Waals surface area contributed by atoms with Crippen LogP contribution in [0.25, 0.3) is 16.7 Å². The largest absolute Gasteiger partial charge is 0.368 e. The quantitative estimate of drug-likeness (QED) is 0.512. The number of hydrogen-bond donors (Lipinski definition) is 3. The van der Waals surface area contributed by atoms with Gasteiger partial charge in [0.15, 0.2) is 5.65 Å². The predicted molar refractivity (Wildman–Crippen MR) is 121 cm³/mol. The molecule has 0 atom stereocenters. The standard InChI is InChI=1S/C21H28ClN7O/c1-13(2)17-26-18(23-10-11-24-20(30)28-21(3,4)5)14-12-25-29(19(14)27-17)16-9-7-6-8-15(16)22/h6-9,12-13H,10-11H2,1-5H3,(H,23,26,27)(H2,24,28,30). The smallest absolute Gasteiger partial charge is 0.315 e. The lowest BCUT2D eigenvalue weighted by Gasteiger charge is -2.20. The van der Waals surface area contributed by atoms with E-state index in [1.54, 1.807) is 10.9 Å². The van der Waals surface area contributed by atoms with Crippen molar-refractivity contribution in [3.63, 3.8) is 0 Å². The van der Waals surface area contributed by atoms with Crippen LogP contribution in [0, 0.1) is 0 Å². The van der Waals surface area contributed by atoms with Gasteiger partial charge in [-0.05, 0) is 32.9 Å². The first-order valence-corrected chi connectivity index (χ1v) is 10.3. The van der Waals surface area contributed by atoms with E-state index in [2.05, 4.69) is 26.0 Å². The van der Waals surface area contributed by atoms with Gasteiger partial charge in [0.05, 0.1) is 22.3 Å². The molecule has 8 nitrogen and oxygen atoms in total. The number of nitrogens with one attached hydrogen (secondary N) is 3. The lowest BCUT2D eigenvalue weighted by Crippen LogP contribution is -2.47. The van der Waals surface area contributed by atoms with Crippen molar-refractivity contribution in [3.8, 4) is 5.69 Å². The maximum Gasteiger partial charge on any atom is 0.315 e. The summed E-state index contributed by atoms with van der Waals surface area (Å²) < 4.78 is 1.73. The monoisotopic (exact) mass is 429 g/mol. The summed E-state index contributed by atoms with van der Waals surface area (Å²) in [5.74, 6) is 1.53. The van der Waals surface area contributed by atoms with Gasteiger partial charge >= 0.3 is 6.03 Å². The minimum Gasteiger partial charge on any atom is -0.368 e. The van der Waals surface area contributed by atoms with Crippen molar-refractivity contribution >= 4 is 34.5 Å². The third-order valence-electron chi connectivity index (χ3n) is 4.23. The van der Waals surface area contributed by atoms with Crippen LogP contribution in [-0.4, -0.2) is 44.4 Å². The van der Waals surface area contributed by atoms with Crippen molar-refractivity contribution < 1.29 is 4.79 Å². The second kappa shape index (κ2) is 8.87. The van der Waals surface area contributed by atoms with Gasteiger partial charge in [0, 0.05) is 24.5 Å². The molecule has 0 bridgehead atoms. The van der Waals surface area contributed by atoms with Crippen LogP contribution in [0.15, 0.2) is 30.5 Å². The van der Waals surface area contributed by atoms with Crippen LogP contribution < -0.4 is 16.0 Å². The van der Waals surface area contributed by atoms with Gasteiger partial charge in [0.25, 0.3) is 0 Å². The minimum absolute atomic E-state index is 0.139. The second-order valence-corrected chi connectivity index (χ2v) is 8.80. The van der Waals surface area contributed by atoms with Crippen LogP contribution in [0.2, 0.25) is 5.02 Å². The van der Waals surface area contributed by atoms with Crippen molar-refractivity contribution in [3.05, 3.63) is 41.3 Å². The van der Waals surface area contributed by atoms with Gasteiger partial charge in [-0.3, -0.25) is 0 Å². The fraction of sp³-hybridized carbons (Fsp3) is 0.429. The Morgan fingerprint density at radius 3 is 2.57 bits per heavy atom. The van der Waals surface area contributed by atoms with E-state index in [0.717, 1.165) is 11.1 Å². The van der Waals surface area contributed by atoms with E-state index in [-0.39, 0.29) is 17.5 Å². The maximum atomic E-state index is 11.9. The zero-order chi connectivity index (χ0) is 21.9. The highest BCUT2D eigenvalue weighted by Gasteiger charge is 2.17. The molecule has 0 unspecified atom stereocenters. The maximum absolute atomic E-state index is 11.9. The van der Waals surface area contributed by atoms with E-state index in [1.165, 1.54) is 0 Å². The lowest BCUT2D eigenvalue weighted by atomic mass is 10.1. The number of rotatable bonds is 6. The molecule has 0 aliphatic carbocycles. The van der Waals surface area contributed by atoms with Crippen molar-refractivity contribution in [2.75, 3.05) is 18.4 Å². The number of halogens is 1. The number of nitrogens with zero attached hydrogens (tertiary/aromatic N) is 4.